The van der Waals surface area contributed by atoms with E-state index in [1.54, 1.807) is 18.9 Å². The molecular formula is C17H24N4O4. The Labute approximate surface area is 146 Å². The molecule has 136 valence electrons. The van der Waals surface area contributed by atoms with Crippen LogP contribution in [0, 0.1) is 0 Å². The minimum atomic E-state index is -0.558. The summed E-state index contributed by atoms with van der Waals surface area (Å²) < 4.78 is 17.7. The summed E-state index contributed by atoms with van der Waals surface area (Å²) >= 11 is 0. The van der Waals surface area contributed by atoms with Crippen LogP contribution in [0.1, 0.15) is 11.3 Å². The molecule has 0 bridgehead atoms. The molecule has 0 spiro atoms. The van der Waals surface area contributed by atoms with Crippen molar-refractivity contribution in [2.24, 2.45) is 0 Å². The SMILES string of the molecule is COCc1cn(C[C@H]2OC[C@H](O)[C@H]2NCc2cccc(OC)c2)nn1. The van der Waals surface area contributed by atoms with Crippen LogP contribution in [-0.2, 0) is 29.2 Å². The second-order valence-electron chi connectivity index (χ2n) is 6.06. The number of aliphatic hydroxyl groups is 1. The Kier molecular flexibility index (Phi) is 5.98. The van der Waals surface area contributed by atoms with Gasteiger partial charge in [0.05, 0.1) is 51.3 Å². The Morgan fingerprint density at radius 2 is 2.28 bits per heavy atom. The van der Waals surface area contributed by atoms with Crippen LogP contribution in [0.5, 0.6) is 5.75 Å². The fraction of sp³-hybridized carbons (Fsp3) is 0.529. The number of nitrogens with zero attached hydrogens (tertiary/aromatic N) is 3. The first-order chi connectivity index (χ1) is 12.2. The molecule has 2 aromatic rings. The molecule has 8 nitrogen and oxygen atoms in total. The van der Waals surface area contributed by atoms with Crippen molar-refractivity contribution in [2.75, 3.05) is 20.8 Å². The van der Waals surface area contributed by atoms with Crippen molar-refractivity contribution < 1.29 is 19.3 Å². The van der Waals surface area contributed by atoms with E-state index in [1.807, 2.05) is 30.5 Å². The van der Waals surface area contributed by atoms with Gasteiger partial charge >= 0.3 is 0 Å². The minimum Gasteiger partial charge on any atom is -0.497 e. The summed E-state index contributed by atoms with van der Waals surface area (Å²) in [6.45, 7) is 1.86. The number of hydrogen-bond acceptors (Lipinski definition) is 7. The average Bonchev–Trinajstić information content (AvgIpc) is 3.21. The molecule has 2 heterocycles. The first-order valence-corrected chi connectivity index (χ1v) is 8.23. The quantitative estimate of drug-likeness (QED) is 0.711. The molecular weight excluding hydrogens is 324 g/mol. The molecule has 1 aromatic heterocycles. The van der Waals surface area contributed by atoms with Crippen LogP contribution in [-0.4, -0.2) is 59.2 Å². The molecule has 1 aliphatic heterocycles. The molecule has 2 N–H and O–H groups in total. The molecule has 0 aliphatic carbocycles. The highest BCUT2D eigenvalue weighted by Gasteiger charge is 2.36. The summed E-state index contributed by atoms with van der Waals surface area (Å²) in [5.74, 6) is 0.812. The number of benzene rings is 1. The Morgan fingerprint density at radius 3 is 3.08 bits per heavy atom. The topological polar surface area (TPSA) is 90.7 Å². The van der Waals surface area contributed by atoms with Crippen molar-refractivity contribution in [1.29, 1.82) is 0 Å². The third-order valence-electron chi connectivity index (χ3n) is 4.22. The first kappa shape index (κ1) is 17.8. The summed E-state index contributed by atoms with van der Waals surface area (Å²) in [4.78, 5) is 0. The van der Waals surface area contributed by atoms with Gasteiger partial charge in [-0.15, -0.1) is 5.10 Å². The number of nitrogens with one attached hydrogen (secondary N) is 1. The molecule has 3 rings (SSSR count). The number of ether oxygens (including phenoxy) is 3. The van der Waals surface area contributed by atoms with Gasteiger partial charge in [-0.2, -0.15) is 0 Å². The summed E-state index contributed by atoms with van der Waals surface area (Å²) in [7, 11) is 3.26. The van der Waals surface area contributed by atoms with Gasteiger partial charge in [0.1, 0.15) is 11.4 Å². The lowest BCUT2D eigenvalue weighted by Crippen LogP contribution is -2.45. The van der Waals surface area contributed by atoms with Gasteiger partial charge in [-0.1, -0.05) is 17.3 Å². The molecule has 1 aliphatic rings. The maximum Gasteiger partial charge on any atom is 0.119 e. The Morgan fingerprint density at radius 1 is 1.40 bits per heavy atom. The molecule has 1 saturated heterocycles. The van der Waals surface area contributed by atoms with E-state index in [0.717, 1.165) is 17.0 Å². The van der Waals surface area contributed by atoms with Gasteiger partial charge in [0.15, 0.2) is 0 Å². The van der Waals surface area contributed by atoms with Crippen LogP contribution < -0.4 is 10.1 Å². The molecule has 25 heavy (non-hydrogen) atoms. The highest BCUT2D eigenvalue weighted by atomic mass is 16.5. The van der Waals surface area contributed by atoms with Crippen LogP contribution in [0.25, 0.3) is 0 Å². The van der Waals surface area contributed by atoms with E-state index >= 15 is 0 Å². The smallest absolute Gasteiger partial charge is 0.119 e. The minimum absolute atomic E-state index is 0.179. The van der Waals surface area contributed by atoms with E-state index in [-0.39, 0.29) is 12.1 Å². The van der Waals surface area contributed by atoms with Crippen molar-refractivity contribution in [3.8, 4) is 5.75 Å². The van der Waals surface area contributed by atoms with Crippen molar-refractivity contribution >= 4 is 0 Å². The highest BCUT2D eigenvalue weighted by Crippen LogP contribution is 2.18. The standard InChI is InChI=1S/C17H24N4O4/c1-23-10-13-8-21(20-19-13)9-16-17(15(22)11-25-16)18-7-12-4-3-5-14(6-12)24-2/h3-6,8,15-18,22H,7,9-11H2,1-2H3/t15-,16+,17+/m0/s1. The molecule has 0 saturated carbocycles. The van der Waals surface area contributed by atoms with Crippen LogP contribution in [0.3, 0.4) is 0 Å². The predicted molar refractivity (Wildman–Crippen MR) is 90.1 cm³/mol. The van der Waals surface area contributed by atoms with Crippen LogP contribution in [0.2, 0.25) is 0 Å². The van der Waals surface area contributed by atoms with E-state index in [9.17, 15) is 5.11 Å². The van der Waals surface area contributed by atoms with Gasteiger partial charge < -0.3 is 24.6 Å². The largest absolute Gasteiger partial charge is 0.497 e. The highest BCUT2D eigenvalue weighted by molar-refractivity contribution is 5.28. The van der Waals surface area contributed by atoms with E-state index < -0.39 is 6.10 Å². The lowest BCUT2D eigenvalue weighted by Gasteiger charge is -2.21. The van der Waals surface area contributed by atoms with Gasteiger partial charge in [0, 0.05) is 13.7 Å². The third-order valence-corrected chi connectivity index (χ3v) is 4.22. The molecule has 8 heteroatoms. The predicted octanol–water partition coefficient (Wildman–Crippen LogP) is 0.351. The zero-order chi connectivity index (χ0) is 17.6. The lowest BCUT2D eigenvalue weighted by atomic mass is 10.1. The van der Waals surface area contributed by atoms with Gasteiger partial charge in [-0.05, 0) is 17.7 Å². The summed E-state index contributed by atoms with van der Waals surface area (Å²) in [5, 5.41) is 21.7. The first-order valence-electron chi connectivity index (χ1n) is 8.23. The van der Waals surface area contributed by atoms with E-state index in [0.29, 0.717) is 26.3 Å². The summed E-state index contributed by atoms with van der Waals surface area (Å²) in [6.07, 6.45) is 1.09. The lowest BCUT2D eigenvalue weighted by molar-refractivity contribution is 0.0741. The zero-order valence-electron chi connectivity index (χ0n) is 14.5. The fourth-order valence-corrected chi connectivity index (χ4v) is 2.96. The van der Waals surface area contributed by atoms with Gasteiger partial charge in [0.25, 0.3) is 0 Å². The molecule has 0 unspecified atom stereocenters. The summed E-state index contributed by atoms with van der Waals surface area (Å²) in [6, 6.07) is 7.66. The summed E-state index contributed by atoms with van der Waals surface area (Å²) in [5.41, 5.74) is 1.85. The van der Waals surface area contributed by atoms with Crippen molar-refractivity contribution in [2.45, 2.75) is 37.9 Å². The second-order valence-corrected chi connectivity index (χ2v) is 6.06. The number of aliphatic hydroxyl groups excluding tert-OH is 1. The van der Waals surface area contributed by atoms with Crippen LogP contribution >= 0.6 is 0 Å². The Hall–Kier alpha value is -2.00. The zero-order valence-corrected chi connectivity index (χ0v) is 14.5. The van der Waals surface area contributed by atoms with Gasteiger partial charge in [-0.3, -0.25) is 0 Å². The van der Waals surface area contributed by atoms with E-state index in [4.69, 9.17) is 14.2 Å². The molecule has 0 amide bonds. The Balaban J connectivity index is 1.59. The normalized spacial score (nSPS) is 23.1. The number of aromatic nitrogens is 3. The van der Waals surface area contributed by atoms with Crippen molar-refractivity contribution in [3.63, 3.8) is 0 Å². The van der Waals surface area contributed by atoms with Crippen LogP contribution in [0.4, 0.5) is 0 Å². The maximum atomic E-state index is 10.2. The average molecular weight is 348 g/mol. The third kappa shape index (κ3) is 4.55. The van der Waals surface area contributed by atoms with Crippen LogP contribution in [0.15, 0.2) is 30.5 Å². The second kappa shape index (κ2) is 8.39. The Bertz CT molecular complexity index is 678. The number of hydrogen-bond donors (Lipinski definition) is 2. The van der Waals surface area contributed by atoms with Gasteiger partial charge in [-0.25, -0.2) is 4.68 Å². The monoisotopic (exact) mass is 348 g/mol. The molecule has 1 fully saturated rings. The maximum absolute atomic E-state index is 10.2. The van der Waals surface area contributed by atoms with Gasteiger partial charge in [0.2, 0.25) is 0 Å². The van der Waals surface area contributed by atoms with Crippen molar-refractivity contribution in [3.05, 3.63) is 41.7 Å². The molecule has 0 radical (unpaired) electrons. The molecule has 1 aromatic carbocycles. The number of methoxy groups -OCH3 is 2. The fourth-order valence-electron chi connectivity index (χ4n) is 2.96. The van der Waals surface area contributed by atoms with E-state index in [1.165, 1.54) is 0 Å². The molecule has 3 atom stereocenters. The number of rotatable bonds is 8. The van der Waals surface area contributed by atoms with E-state index in [2.05, 4.69) is 15.6 Å². The van der Waals surface area contributed by atoms with Crippen molar-refractivity contribution in [1.82, 2.24) is 20.3 Å².